The van der Waals surface area contributed by atoms with Crippen LogP contribution in [-0.2, 0) is 6.42 Å². The molecule has 0 aromatic heterocycles. The number of aryl methyl sites for hydroxylation is 1. The van der Waals surface area contributed by atoms with Crippen LogP contribution in [0.25, 0.3) is 0 Å². The smallest absolute Gasteiger partial charge is 0.0514 e. The molecule has 1 aromatic carbocycles. The van der Waals surface area contributed by atoms with Gasteiger partial charge in [-0.25, -0.2) is 0 Å². The molecule has 0 bridgehead atoms. The van der Waals surface area contributed by atoms with Gasteiger partial charge in [-0.05, 0) is 86.8 Å². The van der Waals surface area contributed by atoms with Crippen molar-refractivity contribution in [2.45, 2.75) is 77.8 Å². The summed E-state index contributed by atoms with van der Waals surface area (Å²) in [4.78, 5) is 2.81. The van der Waals surface area contributed by atoms with Crippen LogP contribution >= 0.6 is 0 Å². The Hall–Kier alpha value is -3.06. The first-order valence-electron chi connectivity index (χ1n) is 14.9. The van der Waals surface area contributed by atoms with Gasteiger partial charge in [-0.15, -0.1) is 0 Å². The summed E-state index contributed by atoms with van der Waals surface area (Å²) in [6, 6.07) is 9.97. The lowest BCUT2D eigenvalue weighted by Crippen LogP contribution is -2.45. The number of benzene rings is 1. The van der Waals surface area contributed by atoms with Crippen molar-refractivity contribution in [3.63, 3.8) is 0 Å². The highest BCUT2D eigenvalue weighted by Crippen LogP contribution is 2.38. The van der Waals surface area contributed by atoms with E-state index in [1.807, 2.05) is 6.08 Å². The Balaban J connectivity index is 1.72. The highest BCUT2D eigenvalue weighted by molar-refractivity contribution is 5.58. The van der Waals surface area contributed by atoms with E-state index in [0.29, 0.717) is 29.8 Å². The summed E-state index contributed by atoms with van der Waals surface area (Å²) in [7, 11) is 0. The average molecular weight is 506 g/mol. The number of para-hydroxylation sites is 1. The predicted octanol–water partition coefficient (Wildman–Crippen LogP) is 9.88. The van der Waals surface area contributed by atoms with Crippen molar-refractivity contribution in [1.82, 2.24) is 0 Å². The van der Waals surface area contributed by atoms with Crippen LogP contribution in [0, 0.1) is 17.8 Å². The lowest BCUT2D eigenvalue weighted by atomic mass is 9.87. The number of hydrogen-bond acceptors (Lipinski definition) is 1. The van der Waals surface area contributed by atoms with Gasteiger partial charge in [-0.1, -0.05) is 123 Å². The molecule has 0 spiro atoms. The Labute approximate surface area is 232 Å². The minimum absolute atomic E-state index is 0.349. The lowest BCUT2D eigenvalue weighted by molar-refractivity contribution is 0.447. The van der Waals surface area contributed by atoms with Gasteiger partial charge in [0.15, 0.2) is 0 Å². The van der Waals surface area contributed by atoms with Gasteiger partial charge in [0.2, 0.25) is 0 Å². The number of anilines is 1. The molecule has 38 heavy (non-hydrogen) atoms. The molecule has 0 aliphatic heterocycles. The van der Waals surface area contributed by atoms with E-state index in [1.54, 1.807) is 0 Å². The van der Waals surface area contributed by atoms with E-state index in [-0.39, 0.29) is 0 Å². The summed E-state index contributed by atoms with van der Waals surface area (Å²) in [6.07, 6.45) is 37.7. The molecule has 200 valence electrons. The van der Waals surface area contributed by atoms with E-state index >= 15 is 0 Å². The molecule has 0 saturated carbocycles. The summed E-state index contributed by atoms with van der Waals surface area (Å²) < 4.78 is 0. The fourth-order valence-corrected chi connectivity index (χ4v) is 6.28. The zero-order valence-electron chi connectivity index (χ0n) is 23.8. The zero-order chi connectivity index (χ0) is 26.7. The molecule has 1 heteroatoms. The molecule has 3 aliphatic carbocycles. The number of hydrogen-bond donors (Lipinski definition) is 0. The van der Waals surface area contributed by atoms with Crippen molar-refractivity contribution in [3.8, 4) is 0 Å². The van der Waals surface area contributed by atoms with Crippen LogP contribution < -0.4 is 4.90 Å². The fraction of sp³-hybridized carbons (Fsp3) is 0.405. The molecular formula is C37H47N. The second-order valence-corrected chi connectivity index (χ2v) is 11.2. The van der Waals surface area contributed by atoms with Crippen LogP contribution in [-0.4, -0.2) is 12.1 Å². The van der Waals surface area contributed by atoms with E-state index in [9.17, 15) is 0 Å². The van der Waals surface area contributed by atoms with Crippen molar-refractivity contribution in [2.24, 2.45) is 17.8 Å². The van der Waals surface area contributed by atoms with Crippen molar-refractivity contribution in [1.29, 1.82) is 0 Å². The Bertz CT molecular complexity index is 1140. The molecule has 5 unspecified atom stereocenters. The van der Waals surface area contributed by atoms with Gasteiger partial charge in [0.25, 0.3) is 0 Å². The zero-order valence-corrected chi connectivity index (χ0v) is 23.8. The van der Waals surface area contributed by atoms with Crippen molar-refractivity contribution >= 4 is 5.69 Å². The topological polar surface area (TPSA) is 3.24 Å². The van der Waals surface area contributed by atoms with Crippen molar-refractivity contribution in [2.75, 3.05) is 4.90 Å². The molecule has 0 saturated heterocycles. The van der Waals surface area contributed by atoms with E-state index in [0.717, 1.165) is 32.1 Å². The normalized spacial score (nSPS) is 25.7. The SMILES string of the molecule is C=CC=CC(CC)CCc1ccccc1N(C1C=CC=C2C=CC=CCC2C1)C1CC(CC)C=CC=C1C. The molecule has 1 aromatic rings. The second-order valence-electron chi connectivity index (χ2n) is 11.2. The molecule has 0 heterocycles. The number of fused-ring (bicyclic) bond motifs is 1. The summed E-state index contributed by atoms with van der Waals surface area (Å²) in [5.74, 6) is 1.73. The quantitative estimate of drug-likeness (QED) is 0.286. The second kappa shape index (κ2) is 14.2. The third-order valence-corrected chi connectivity index (χ3v) is 8.69. The van der Waals surface area contributed by atoms with Gasteiger partial charge in [0.05, 0.1) is 6.04 Å². The molecule has 0 radical (unpaired) electrons. The maximum Gasteiger partial charge on any atom is 0.0514 e. The fourth-order valence-electron chi connectivity index (χ4n) is 6.28. The molecule has 0 N–H and O–H groups in total. The monoisotopic (exact) mass is 505 g/mol. The first-order chi connectivity index (χ1) is 18.6. The first-order valence-corrected chi connectivity index (χ1v) is 14.9. The molecule has 0 amide bonds. The Morgan fingerprint density at radius 3 is 2.68 bits per heavy atom. The average Bonchev–Trinajstić information content (AvgIpc) is 3.36. The summed E-state index contributed by atoms with van der Waals surface area (Å²) in [5.41, 5.74) is 5.83. The standard InChI is InChI=1S/C37H47N/c1-5-8-17-30(6-2)25-26-33-20-12-13-24-36(33)38(37-27-31(7-3)18-14-16-29(37)4)35-23-15-22-32-19-10-9-11-21-34(32)28-35/h5,8-20,22-24,30-31,34-35,37H,1,6-7,21,25-28H2,2-4H3. The maximum atomic E-state index is 3.87. The minimum Gasteiger partial charge on any atom is -0.358 e. The van der Waals surface area contributed by atoms with Gasteiger partial charge in [0.1, 0.15) is 0 Å². The summed E-state index contributed by atoms with van der Waals surface area (Å²) >= 11 is 0. The van der Waals surface area contributed by atoms with Gasteiger partial charge < -0.3 is 4.90 Å². The maximum absolute atomic E-state index is 3.87. The van der Waals surface area contributed by atoms with Crippen LogP contribution in [0.2, 0.25) is 0 Å². The molecule has 0 fully saturated rings. The van der Waals surface area contributed by atoms with Gasteiger partial charge in [0, 0.05) is 11.7 Å². The predicted molar refractivity (Wildman–Crippen MR) is 167 cm³/mol. The van der Waals surface area contributed by atoms with E-state index < -0.39 is 0 Å². The van der Waals surface area contributed by atoms with Crippen LogP contribution in [0.3, 0.4) is 0 Å². The van der Waals surface area contributed by atoms with E-state index in [4.69, 9.17) is 0 Å². The number of rotatable bonds is 10. The van der Waals surface area contributed by atoms with E-state index in [2.05, 4.69) is 129 Å². The highest BCUT2D eigenvalue weighted by Gasteiger charge is 2.32. The number of nitrogens with zero attached hydrogens (tertiary/aromatic N) is 1. The number of allylic oxidation sites excluding steroid dienone is 13. The van der Waals surface area contributed by atoms with Gasteiger partial charge in [-0.2, -0.15) is 0 Å². The van der Waals surface area contributed by atoms with Crippen molar-refractivity contribution in [3.05, 3.63) is 127 Å². The van der Waals surface area contributed by atoms with Crippen LogP contribution in [0.1, 0.15) is 64.9 Å². The third-order valence-electron chi connectivity index (χ3n) is 8.69. The lowest BCUT2D eigenvalue weighted by Gasteiger charge is -2.42. The molecular weight excluding hydrogens is 458 g/mol. The van der Waals surface area contributed by atoms with Crippen molar-refractivity contribution < 1.29 is 0 Å². The van der Waals surface area contributed by atoms with Crippen LogP contribution in [0.5, 0.6) is 0 Å². The summed E-state index contributed by atoms with van der Waals surface area (Å²) in [5, 5.41) is 0. The summed E-state index contributed by atoms with van der Waals surface area (Å²) in [6.45, 7) is 10.8. The molecule has 1 nitrogen and oxygen atoms in total. The molecule has 5 atom stereocenters. The Kier molecular flexibility index (Phi) is 10.4. The Morgan fingerprint density at radius 2 is 1.87 bits per heavy atom. The Morgan fingerprint density at radius 1 is 1.03 bits per heavy atom. The van der Waals surface area contributed by atoms with Gasteiger partial charge >= 0.3 is 0 Å². The van der Waals surface area contributed by atoms with Crippen LogP contribution in [0.4, 0.5) is 5.69 Å². The largest absolute Gasteiger partial charge is 0.358 e. The molecule has 3 aliphatic rings. The third kappa shape index (κ3) is 7.07. The first kappa shape index (κ1) is 28.0. The van der Waals surface area contributed by atoms with E-state index in [1.165, 1.54) is 35.2 Å². The van der Waals surface area contributed by atoms with Crippen LogP contribution in [0.15, 0.2) is 121 Å². The van der Waals surface area contributed by atoms with Gasteiger partial charge in [-0.3, -0.25) is 0 Å². The highest BCUT2D eigenvalue weighted by atomic mass is 15.2. The minimum atomic E-state index is 0.349. The molecule has 4 rings (SSSR count).